The number of carboxylic acid groups (broad SMARTS) is 1. The number of hydrogen-bond donors (Lipinski definition) is 2. The number of ether oxygens (including phenoxy) is 2. The lowest BCUT2D eigenvalue weighted by atomic mass is 9.92. The monoisotopic (exact) mass is 506 g/mol. The molecule has 8 heteroatoms. The zero-order valence-corrected chi connectivity index (χ0v) is 21.2. The zero-order valence-electron chi connectivity index (χ0n) is 20.4. The first-order chi connectivity index (χ1) is 17.4. The SMILES string of the molecule is CCC(CC(Oc1cc(OCc2ccsc2)ccc1C(=O)NCCC#N)c1ccccc1C)C(=O)O. The molecule has 2 atom stereocenters. The Hall–Kier alpha value is -3.83. The molecule has 0 aliphatic heterocycles. The van der Waals surface area contributed by atoms with Gasteiger partial charge in [-0.2, -0.15) is 16.6 Å². The van der Waals surface area contributed by atoms with Crippen molar-refractivity contribution in [2.24, 2.45) is 5.92 Å². The molecule has 3 aromatic rings. The molecule has 0 saturated carbocycles. The number of aliphatic carboxylic acids is 1. The van der Waals surface area contributed by atoms with Crippen molar-refractivity contribution in [1.82, 2.24) is 5.32 Å². The normalized spacial score (nSPS) is 12.2. The Morgan fingerprint density at radius 1 is 1.19 bits per heavy atom. The molecule has 2 N–H and O–H groups in total. The third kappa shape index (κ3) is 7.33. The summed E-state index contributed by atoms with van der Waals surface area (Å²) in [6.07, 6.45) is 0.287. The van der Waals surface area contributed by atoms with Crippen LogP contribution in [0.4, 0.5) is 0 Å². The van der Waals surface area contributed by atoms with Crippen LogP contribution in [0.25, 0.3) is 0 Å². The molecule has 0 aliphatic carbocycles. The minimum Gasteiger partial charge on any atom is -0.489 e. The summed E-state index contributed by atoms with van der Waals surface area (Å²) in [6.45, 7) is 4.36. The molecule has 0 spiro atoms. The van der Waals surface area contributed by atoms with Crippen LogP contribution in [0.5, 0.6) is 11.5 Å². The Bertz CT molecular complexity index is 1200. The van der Waals surface area contributed by atoms with Gasteiger partial charge in [0.2, 0.25) is 0 Å². The smallest absolute Gasteiger partial charge is 0.306 e. The molecule has 0 bridgehead atoms. The second-order valence-electron chi connectivity index (χ2n) is 8.38. The number of carbonyl (C=O) groups is 2. The van der Waals surface area contributed by atoms with Crippen LogP contribution >= 0.6 is 11.3 Å². The molecule has 1 amide bonds. The second kappa shape index (κ2) is 13.3. The lowest BCUT2D eigenvalue weighted by molar-refractivity contribution is -0.142. The largest absolute Gasteiger partial charge is 0.489 e. The minimum atomic E-state index is -0.887. The molecule has 0 radical (unpaired) electrons. The Kier molecular flexibility index (Phi) is 9.90. The van der Waals surface area contributed by atoms with Gasteiger partial charge in [0.05, 0.1) is 24.0 Å². The van der Waals surface area contributed by atoms with Gasteiger partial charge in [0, 0.05) is 19.0 Å². The van der Waals surface area contributed by atoms with Crippen molar-refractivity contribution >= 4 is 23.2 Å². The van der Waals surface area contributed by atoms with E-state index in [9.17, 15) is 14.7 Å². The molecule has 1 aromatic heterocycles. The number of rotatable bonds is 13. The Morgan fingerprint density at radius 3 is 2.67 bits per heavy atom. The van der Waals surface area contributed by atoms with Crippen molar-refractivity contribution in [3.8, 4) is 17.6 Å². The number of nitriles is 1. The van der Waals surface area contributed by atoms with Gasteiger partial charge in [-0.25, -0.2) is 0 Å². The first-order valence-corrected chi connectivity index (χ1v) is 12.7. The lowest BCUT2D eigenvalue weighted by Crippen LogP contribution is -2.26. The van der Waals surface area contributed by atoms with E-state index in [0.717, 1.165) is 16.7 Å². The molecule has 2 aromatic carbocycles. The van der Waals surface area contributed by atoms with Crippen molar-refractivity contribution < 1.29 is 24.2 Å². The van der Waals surface area contributed by atoms with Gasteiger partial charge < -0.3 is 19.9 Å². The quantitative estimate of drug-likeness (QED) is 0.279. The molecule has 2 unspecified atom stereocenters. The van der Waals surface area contributed by atoms with E-state index < -0.39 is 18.0 Å². The average Bonchev–Trinajstić information content (AvgIpc) is 3.39. The average molecular weight is 507 g/mol. The van der Waals surface area contributed by atoms with Crippen LogP contribution in [0.3, 0.4) is 0 Å². The second-order valence-corrected chi connectivity index (χ2v) is 9.16. The van der Waals surface area contributed by atoms with E-state index in [0.29, 0.717) is 24.5 Å². The maximum atomic E-state index is 12.9. The Labute approximate surface area is 215 Å². The van der Waals surface area contributed by atoms with Gasteiger partial charge >= 0.3 is 5.97 Å². The molecule has 36 heavy (non-hydrogen) atoms. The highest BCUT2D eigenvalue weighted by Gasteiger charge is 2.26. The standard InChI is InChI=1S/C28H30N2O5S/c1-3-21(28(32)33)15-25(23-8-5-4-7-19(23)2)35-26-16-22(34-17-20-11-14-36-18-20)9-10-24(26)27(31)30-13-6-12-29/h4-5,7-11,14,16,18,21,25H,3,6,13,15,17H2,1-2H3,(H,30,31)(H,32,33). The number of nitrogens with one attached hydrogen (secondary N) is 1. The van der Waals surface area contributed by atoms with Crippen LogP contribution in [-0.2, 0) is 11.4 Å². The minimum absolute atomic E-state index is 0.187. The molecule has 3 rings (SSSR count). The van der Waals surface area contributed by atoms with E-state index in [4.69, 9.17) is 14.7 Å². The number of thiophene rings is 1. The number of nitrogens with zero attached hydrogens (tertiary/aromatic N) is 1. The fourth-order valence-corrected chi connectivity index (χ4v) is 4.44. The van der Waals surface area contributed by atoms with E-state index >= 15 is 0 Å². The summed E-state index contributed by atoms with van der Waals surface area (Å²) in [7, 11) is 0. The Balaban J connectivity index is 1.96. The maximum absolute atomic E-state index is 12.9. The van der Waals surface area contributed by atoms with Gasteiger partial charge in [0.1, 0.15) is 24.2 Å². The summed E-state index contributed by atoms with van der Waals surface area (Å²) in [4.78, 5) is 24.8. The highest BCUT2D eigenvalue weighted by atomic mass is 32.1. The molecular formula is C28H30N2O5S. The summed E-state index contributed by atoms with van der Waals surface area (Å²) in [5.74, 6) is -1.06. The summed E-state index contributed by atoms with van der Waals surface area (Å²) in [6, 6.07) is 16.6. The van der Waals surface area contributed by atoms with Gasteiger partial charge in [0.15, 0.2) is 0 Å². The van der Waals surface area contributed by atoms with E-state index in [1.54, 1.807) is 29.5 Å². The summed E-state index contributed by atoms with van der Waals surface area (Å²) < 4.78 is 12.4. The number of amides is 1. The van der Waals surface area contributed by atoms with Crippen molar-refractivity contribution in [3.63, 3.8) is 0 Å². The van der Waals surface area contributed by atoms with Crippen molar-refractivity contribution in [3.05, 3.63) is 81.5 Å². The van der Waals surface area contributed by atoms with Crippen LogP contribution in [-0.4, -0.2) is 23.5 Å². The number of aryl methyl sites for hydroxylation is 1. The fourth-order valence-electron chi connectivity index (χ4n) is 3.79. The highest BCUT2D eigenvalue weighted by Crippen LogP contribution is 2.35. The van der Waals surface area contributed by atoms with Gasteiger partial charge in [0.25, 0.3) is 5.91 Å². The highest BCUT2D eigenvalue weighted by molar-refractivity contribution is 7.07. The van der Waals surface area contributed by atoms with E-state index in [1.807, 2.05) is 61.0 Å². The molecule has 188 valence electrons. The van der Waals surface area contributed by atoms with Crippen LogP contribution in [0, 0.1) is 24.2 Å². The fraction of sp³-hybridized carbons (Fsp3) is 0.321. The third-order valence-corrected chi connectivity index (χ3v) is 6.58. The topological polar surface area (TPSA) is 109 Å². The molecule has 0 aliphatic rings. The van der Waals surface area contributed by atoms with E-state index in [-0.39, 0.29) is 30.9 Å². The van der Waals surface area contributed by atoms with Gasteiger partial charge in [-0.3, -0.25) is 9.59 Å². The van der Waals surface area contributed by atoms with E-state index in [2.05, 4.69) is 5.32 Å². The predicted molar refractivity (Wildman–Crippen MR) is 138 cm³/mol. The summed E-state index contributed by atoms with van der Waals surface area (Å²) >= 11 is 1.58. The lowest BCUT2D eigenvalue weighted by Gasteiger charge is -2.25. The molecule has 1 heterocycles. The van der Waals surface area contributed by atoms with Gasteiger partial charge in [-0.05, 0) is 59.0 Å². The summed E-state index contributed by atoms with van der Waals surface area (Å²) in [5.41, 5.74) is 3.15. The number of carbonyl (C=O) groups excluding carboxylic acids is 1. The van der Waals surface area contributed by atoms with Crippen LogP contribution in [0.15, 0.2) is 59.3 Å². The molecule has 0 fully saturated rings. The van der Waals surface area contributed by atoms with Crippen LogP contribution in [0.2, 0.25) is 0 Å². The Morgan fingerprint density at radius 2 is 2.00 bits per heavy atom. The summed E-state index contributed by atoms with van der Waals surface area (Å²) in [5, 5.41) is 25.2. The number of hydrogen-bond acceptors (Lipinski definition) is 6. The molecule has 0 saturated heterocycles. The van der Waals surface area contributed by atoms with Crippen molar-refractivity contribution in [2.45, 2.75) is 45.8 Å². The first kappa shape index (κ1) is 26.8. The van der Waals surface area contributed by atoms with Gasteiger partial charge in [-0.1, -0.05) is 31.2 Å². The number of carboxylic acids is 1. The number of benzene rings is 2. The molecule has 7 nitrogen and oxygen atoms in total. The third-order valence-electron chi connectivity index (χ3n) is 5.85. The maximum Gasteiger partial charge on any atom is 0.306 e. The van der Waals surface area contributed by atoms with Crippen LogP contribution in [0.1, 0.15) is 59.3 Å². The van der Waals surface area contributed by atoms with Crippen molar-refractivity contribution in [1.29, 1.82) is 5.26 Å². The van der Waals surface area contributed by atoms with Crippen molar-refractivity contribution in [2.75, 3.05) is 6.54 Å². The first-order valence-electron chi connectivity index (χ1n) is 11.8. The van der Waals surface area contributed by atoms with E-state index in [1.165, 1.54) is 0 Å². The predicted octanol–water partition coefficient (Wildman–Crippen LogP) is 5.90. The van der Waals surface area contributed by atoms with Gasteiger partial charge in [-0.15, -0.1) is 0 Å². The zero-order chi connectivity index (χ0) is 25.9. The molecular weight excluding hydrogens is 476 g/mol. The van der Waals surface area contributed by atoms with Crippen LogP contribution < -0.4 is 14.8 Å².